The van der Waals surface area contributed by atoms with Gasteiger partial charge in [-0.2, -0.15) is 0 Å². The maximum Gasteiger partial charge on any atom is 0.225 e. The van der Waals surface area contributed by atoms with E-state index in [4.69, 9.17) is 0 Å². The number of aliphatic imine (C=N–C) groups is 1. The highest BCUT2D eigenvalue weighted by atomic mass is 127. The van der Waals surface area contributed by atoms with Crippen molar-refractivity contribution in [2.24, 2.45) is 4.99 Å². The van der Waals surface area contributed by atoms with Crippen LogP contribution in [0.2, 0.25) is 0 Å². The lowest BCUT2D eigenvalue weighted by molar-refractivity contribution is -0.116. The molecule has 5 nitrogen and oxygen atoms in total. The Bertz CT molecular complexity index is 849. The molecule has 2 aromatic rings. The van der Waals surface area contributed by atoms with Gasteiger partial charge in [-0.1, -0.05) is 56.3 Å². The Morgan fingerprint density at radius 2 is 1.87 bits per heavy atom. The number of anilines is 1. The number of fused-ring (bicyclic) bond motifs is 1. The molecule has 1 unspecified atom stereocenters. The van der Waals surface area contributed by atoms with E-state index in [1.807, 2.05) is 18.2 Å². The van der Waals surface area contributed by atoms with Crippen molar-refractivity contribution in [2.45, 2.75) is 44.9 Å². The summed E-state index contributed by atoms with van der Waals surface area (Å²) in [7, 11) is 1.78. The maximum absolute atomic E-state index is 12.0. The molecule has 0 saturated heterocycles. The summed E-state index contributed by atoms with van der Waals surface area (Å²) in [6.45, 7) is 5.97. The number of guanidine groups is 1. The van der Waals surface area contributed by atoms with Gasteiger partial charge < -0.3 is 16.0 Å². The van der Waals surface area contributed by atoms with Gasteiger partial charge in [-0.15, -0.1) is 24.0 Å². The summed E-state index contributed by atoms with van der Waals surface area (Å²) >= 11 is 0. The summed E-state index contributed by atoms with van der Waals surface area (Å²) in [6.07, 6.45) is 2.57. The number of rotatable bonds is 7. The first-order chi connectivity index (χ1) is 14.1. The van der Waals surface area contributed by atoms with Crippen LogP contribution in [0.25, 0.3) is 0 Å². The van der Waals surface area contributed by atoms with Crippen LogP contribution in [0, 0.1) is 0 Å². The number of benzene rings is 2. The van der Waals surface area contributed by atoms with E-state index in [0.717, 1.165) is 31.0 Å². The Hall–Kier alpha value is -2.09. The second-order valence-electron chi connectivity index (χ2n) is 7.92. The molecule has 0 fully saturated rings. The molecule has 0 bridgehead atoms. The lowest BCUT2D eigenvalue weighted by Gasteiger charge is -2.26. The highest BCUT2D eigenvalue weighted by Crippen LogP contribution is 2.31. The third-order valence-electron chi connectivity index (χ3n) is 5.43. The molecule has 3 rings (SSSR count). The van der Waals surface area contributed by atoms with Crippen LogP contribution in [0.5, 0.6) is 0 Å². The van der Waals surface area contributed by atoms with Crippen molar-refractivity contribution in [3.05, 3.63) is 65.2 Å². The first kappa shape index (κ1) is 24.2. The number of para-hydroxylation sites is 1. The van der Waals surface area contributed by atoms with Crippen LogP contribution in [0.15, 0.2) is 53.5 Å². The monoisotopic (exact) mass is 520 g/mol. The number of nitrogens with one attached hydrogen (secondary N) is 3. The van der Waals surface area contributed by atoms with Gasteiger partial charge in [0.15, 0.2) is 5.96 Å². The van der Waals surface area contributed by atoms with Gasteiger partial charge in [-0.05, 0) is 41.5 Å². The van der Waals surface area contributed by atoms with Crippen molar-refractivity contribution in [3.8, 4) is 0 Å². The zero-order chi connectivity index (χ0) is 20.6. The highest BCUT2D eigenvalue weighted by molar-refractivity contribution is 14.0. The minimum absolute atomic E-state index is 0. The number of carbonyl (C=O) groups excluding carboxylic acids is 1. The zero-order valence-corrected chi connectivity index (χ0v) is 20.4. The molecule has 0 aliphatic carbocycles. The van der Waals surface area contributed by atoms with Crippen LogP contribution in [-0.4, -0.2) is 32.0 Å². The first-order valence-electron chi connectivity index (χ1n) is 10.5. The molecule has 1 aliphatic heterocycles. The zero-order valence-electron chi connectivity index (χ0n) is 18.1. The fraction of sp³-hybridized carbons (Fsp3) is 0.417. The van der Waals surface area contributed by atoms with E-state index in [-0.39, 0.29) is 35.8 Å². The maximum atomic E-state index is 12.0. The summed E-state index contributed by atoms with van der Waals surface area (Å²) < 4.78 is 0. The Balaban J connectivity index is 0.00000320. The summed E-state index contributed by atoms with van der Waals surface area (Å²) in [5.41, 5.74) is 4.85. The average molecular weight is 520 g/mol. The van der Waals surface area contributed by atoms with E-state index >= 15 is 0 Å². The van der Waals surface area contributed by atoms with Gasteiger partial charge in [0.2, 0.25) is 5.91 Å². The average Bonchev–Trinajstić information content (AvgIpc) is 2.73. The number of halogens is 1. The van der Waals surface area contributed by atoms with Crippen LogP contribution < -0.4 is 16.0 Å². The summed E-state index contributed by atoms with van der Waals surface area (Å²) in [5, 5.41) is 9.71. The van der Waals surface area contributed by atoms with Crippen molar-refractivity contribution in [2.75, 3.05) is 25.5 Å². The van der Waals surface area contributed by atoms with Crippen LogP contribution in [0.4, 0.5) is 5.69 Å². The fourth-order valence-electron chi connectivity index (χ4n) is 3.69. The molecular weight excluding hydrogens is 487 g/mol. The molecule has 0 spiro atoms. The number of aryl methyl sites for hydroxylation is 1. The van der Waals surface area contributed by atoms with Gasteiger partial charge in [-0.25, -0.2) is 0 Å². The van der Waals surface area contributed by atoms with Crippen LogP contribution in [0.3, 0.4) is 0 Å². The molecular formula is C24H33IN4O. The topological polar surface area (TPSA) is 65.5 Å². The standard InChI is InChI=1S/C24H32N4O.HI/c1-17(2)19-12-10-18(11-13-19)7-6-14-26-24(25-3)27-16-20-15-23(29)28-22-9-5-4-8-21(20)22;/h4-5,8-13,17,20H,6-7,14-16H2,1-3H3,(H,28,29)(H2,25,26,27);1H. The molecule has 0 saturated carbocycles. The van der Waals surface area contributed by atoms with E-state index in [0.29, 0.717) is 18.9 Å². The molecule has 1 heterocycles. The van der Waals surface area contributed by atoms with Crippen molar-refractivity contribution < 1.29 is 4.79 Å². The molecule has 0 radical (unpaired) electrons. The predicted molar refractivity (Wildman–Crippen MR) is 136 cm³/mol. The van der Waals surface area contributed by atoms with E-state index in [9.17, 15) is 4.79 Å². The Kier molecular flexibility index (Phi) is 9.62. The number of nitrogens with zero attached hydrogens (tertiary/aromatic N) is 1. The van der Waals surface area contributed by atoms with Gasteiger partial charge in [-0.3, -0.25) is 9.79 Å². The smallest absolute Gasteiger partial charge is 0.225 e. The molecule has 6 heteroatoms. The Labute approximate surface area is 197 Å². The summed E-state index contributed by atoms with van der Waals surface area (Å²) in [4.78, 5) is 16.3. The molecule has 30 heavy (non-hydrogen) atoms. The van der Waals surface area contributed by atoms with E-state index in [2.05, 4.69) is 65.1 Å². The third-order valence-corrected chi connectivity index (χ3v) is 5.43. The second-order valence-corrected chi connectivity index (χ2v) is 7.92. The largest absolute Gasteiger partial charge is 0.356 e. The minimum atomic E-state index is 0. The van der Waals surface area contributed by atoms with Crippen molar-refractivity contribution in [1.29, 1.82) is 0 Å². The number of carbonyl (C=O) groups is 1. The van der Waals surface area contributed by atoms with Crippen molar-refractivity contribution >= 4 is 41.5 Å². The number of hydrogen-bond acceptors (Lipinski definition) is 2. The SMILES string of the molecule is CN=C(NCCCc1ccc(C(C)C)cc1)NCC1CC(=O)Nc2ccccc21.I. The van der Waals surface area contributed by atoms with Gasteiger partial charge >= 0.3 is 0 Å². The first-order valence-corrected chi connectivity index (χ1v) is 10.5. The molecule has 1 amide bonds. The van der Waals surface area contributed by atoms with Crippen molar-refractivity contribution in [1.82, 2.24) is 10.6 Å². The van der Waals surface area contributed by atoms with Crippen molar-refractivity contribution in [3.63, 3.8) is 0 Å². The Morgan fingerprint density at radius 1 is 1.13 bits per heavy atom. The quantitative estimate of drug-likeness (QED) is 0.216. The normalized spacial score (nSPS) is 15.8. The number of hydrogen-bond donors (Lipinski definition) is 3. The molecule has 1 aliphatic rings. The predicted octanol–water partition coefficient (Wildman–Crippen LogP) is 4.65. The molecule has 3 N–H and O–H groups in total. The van der Waals surface area contributed by atoms with Crippen LogP contribution >= 0.6 is 24.0 Å². The lowest BCUT2D eigenvalue weighted by atomic mass is 9.90. The number of amides is 1. The van der Waals surface area contributed by atoms with Gasteiger partial charge in [0.05, 0.1) is 0 Å². The minimum Gasteiger partial charge on any atom is -0.356 e. The summed E-state index contributed by atoms with van der Waals surface area (Å²) in [6, 6.07) is 16.9. The molecule has 1 atom stereocenters. The molecule has 162 valence electrons. The molecule has 0 aromatic heterocycles. The summed E-state index contributed by atoms with van der Waals surface area (Å²) in [5.74, 6) is 1.57. The van der Waals surface area contributed by atoms with Gasteiger partial charge in [0, 0.05) is 38.2 Å². The van der Waals surface area contributed by atoms with Gasteiger partial charge in [0.25, 0.3) is 0 Å². The second kappa shape index (κ2) is 11.9. The third kappa shape index (κ3) is 6.72. The fourth-order valence-corrected chi connectivity index (χ4v) is 3.69. The Morgan fingerprint density at radius 3 is 2.57 bits per heavy atom. The van der Waals surface area contributed by atoms with E-state index < -0.39 is 0 Å². The highest BCUT2D eigenvalue weighted by Gasteiger charge is 2.24. The van der Waals surface area contributed by atoms with E-state index in [1.165, 1.54) is 16.7 Å². The lowest BCUT2D eigenvalue weighted by Crippen LogP contribution is -2.41. The molecule has 2 aromatic carbocycles. The van der Waals surface area contributed by atoms with Crippen LogP contribution in [-0.2, 0) is 11.2 Å². The van der Waals surface area contributed by atoms with Gasteiger partial charge in [0.1, 0.15) is 0 Å². The van der Waals surface area contributed by atoms with Crippen LogP contribution in [0.1, 0.15) is 55.2 Å². The van der Waals surface area contributed by atoms with E-state index in [1.54, 1.807) is 7.05 Å².